The van der Waals surface area contributed by atoms with Crippen molar-refractivity contribution in [2.45, 2.75) is 18.2 Å². The van der Waals surface area contributed by atoms with Crippen molar-refractivity contribution in [1.82, 2.24) is 4.98 Å². The summed E-state index contributed by atoms with van der Waals surface area (Å²) in [6, 6.07) is 17.1. The van der Waals surface area contributed by atoms with Crippen LogP contribution in [0.5, 0.6) is 0 Å². The van der Waals surface area contributed by atoms with E-state index in [1.54, 1.807) is 25.1 Å². The van der Waals surface area contributed by atoms with Crippen LogP contribution in [0.15, 0.2) is 65.0 Å². The molecule has 1 aromatic heterocycles. The molecule has 0 saturated heterocycles. The molecule has 4 aromatic rings. The fourth-order valence-electron chi connectivity index (χ4n) is 3.05. The van der Waals surface area contributed by atoms with Crippen LogP contribution in [0.3, 0.4) is 0 Å². The van der Waals surface area contributed by atoms with Gasteiger partial charge < -0.3 is 16.0 Å². The third-order valence-corrected chi connectivity index (χ3v) is 6.85. The second-order valence-electron chi connectivity index (χ2n) is 7.41. The number of rotatable bonds is 6. The van der Waals surface area contributed by atoms with Crippen LogP contribution in [0, 0.1) is 19.7 Å². The number of nitrogens with one attached hydrogen (secondary N) is 3. The largest absolute Gasteiger partial charge is 0.325 e. The molecule has 6 nitrogen and oxygen atoms in total. The lowest BCUT2D eigenvalue weighted by molar-refractivity contribution is -0.113. The van der Waals surface area contributed by atoms with Gasteiger partial charge in [-0.25, -0.2) is 14.2 Å². The van der Waals surface area contributed by atoms with Gasteiger partial charge in [0, 0.05) is 17.1 Å². The van der Waals surface area contributed by atoms with Gasteiger partial charge >= 0.3 is 6.03 Å². The molecule has 0 aliphatic heterocycles. The standard InChI is InChI=1S/C24H21FN4O2S2/c1-14-4-3-5-16(10-14)26-22(30)13-32-24-29-20-9-8-18(12-21(20)33-24)28-23(31)27-17-7-6-15(2)19(25)11-17/h3-12H,13H2,1-2H3,(H,26,30)(H2,27,28,31). The number of aromatic nitrogens is 1. The SMILES string of the molecule is Cc1cccc(NC(=O)CSc2nc3ccc(NC(=O)Nc4ccc(C)c(F)c4)cc3s2)c1. The number of amides is 3. The molecule has 3 amide bonds. The van der Waals surface area contributed by atoms with Crippen LogP contribution in [0.4, 0.5) is 26.2 Å². The first-order chi connectivity index (χ1) is 15.9. The zero-order chi connectivity index (χ0) is 23.4. The molecule has 1 heterocycles. The average molecular weight is 481 g/mol. The molecule has 0 radical (unpaired) electrons. The van der Waals surface area contributed by atoms with Crippen molar-refractivity contribution >= 4 is 62.3 Å². The van der Waals surface area contributed by atoms with E-state index in [2.05, 4.69) is 20.9 Å². The van der Waals surface area contributed by atoms with Crippen molar-refractivity contribution in [2.24, 2.45) is 0 Å². The van der Waals surface area contributed by atoms with Gasteiger partial charge in [0.15, 0.2) is 4.34 Å². The van der Waals surface area contributed by atoms with Crippen LogP contribution in [0.1, 0.15) is 11.1 Å². The third-order valence-electron chi connectivity index (χ3n) is 4.68. The lowest BCUT2D eigenvalue weighted by atomic mass is 10.2. The van der Waals surface area contributed by atoms with Gasteiger partial charge in [-0.2, -0.15) is 0 Å². The van der Waals surface area contributed by atoms with Crippen LogP contribution in [0.25, 0.3) is 10.2 Å². The first kappa shape index (κ1) is 22.8. The Labute approximate surface area is 198 Å². The highest BCUT2D eigenvalue weighted by Crippen LogP contribution is 2.31. The van der Waals surface area contributed by atoms with Crippen molar-refractivity contribution in [3.8, 4) is 0 Å². The molecule has 3 N–H and O–H groups in total. The predicted octanol–water partition coefficient (Wildman–Crippen LogP) is 6.43. The van der Waals surface area contributed by atoms with Crippen molar-refractivity contribution < 1.29 is 14.0 Å². The van der Waals surface area contributed by atoms with Crippen LogP contribution >= 0.6 is 23.1 Å². The monoisotopic (exact) mass is 480 g/mol. The first-order valence-electron chi connectivity index (χ1n) is 10.1. The van der Waals surface area contributed by atoms with E-state index in [0.29, 0.717) is 16.9 Å². The van der Waals surface area contributed by atoms with E-state index in [1.807, 2.05) is 43.3 Å². The molecule has 0 bridgehead atoms. The molecular weight excluding hydrogens is 459 g/mol. The summed E-state index contributed by atoms with van der Waals surface area (Å²) in [5.41, 5.74) is 4.11. The minimum atomic E-state index is -0.468. The molecular formula is C24H21FN4O2S2. The van der Waals surface area contributed by atoms with Crippen LogP contribution in [-0.2, 0) is 4.79 Å². The summed E-state index contributed by atoms with van der Waals surface area (Å²) >= 11 is 2.81. The highest BCUT2D eigenvalue weighted by atomic mass is 32.2. The summed E-state index contributed by atoms with van der Waals surface area (Å²) in [6.45, 7) is 3.63. The lowest BCUT2D eigenvalue weighted by Crippen LogP contribution is -2.19. The number of thiazole rings is 1. The fraction of sp³-hybridized carbons (Fsp3) is 0.125. The number of carbonyl (C=O) groups excluding carboxylic acids is 2. The number of halogens is 1. The number of nitrogens with zero attached hydrogens (tertiary/aromatic N) is 1. The van der Waals surface area contributed by atoms with Gasteiger partial charge in [0.05, 0.1) is 16.0 Å². The van der Waals surface area contributed by atoms with E-state index < -0.39 is 6.03 Å². The Bertz CT molecular complexity index is 1340. The quantitative estimate of drug-likeness (QED) is 0.278. The zero-order valence-corrected chi connectivity index (χ0v) is 19.6. The fourth-order valence-corrected chi connectivity index (χ4v) is 4.96. The minimum Gasteiger partial charge on any atom is -0.325 e. The normalized spacial score (nSPS) is 10.8. The molecule has 9 heteroatoms. The van der Waals surface area contributed by atoms with Crippen molar-refractivity contribution in [2.75, 3.05) is 21.7 Å². The van der Waals surface area contributed by atoms with Crippen LogP contribution < -0.4 is 16.0 Å². The zero-order valence-electron chi connectivity index (χ0n) is 17.9. The van der Waals surface area contributed by atoms with Gasteiger partial charge in [0.1, 0.15) is 5.82 Å². The Balaban J connectivity index is 1.35. The van der Waals surface area contributed by atoms with Gasteiger partial charge in [-0.15, -0.1) is 11.3 Å². The molecule has 0 aliphatic carbocycles. The van der Waals surface area contributed by atoms with Gasteiger partial charge in [0.25, 0.3) is 0 Å². The smallest absolute Gasteiger partial charge is 0.323 e. The Morgan fingerprint density at radius 2 is 1.67 bits per heavy atom. The van der Waals surface area contributed by atoms with E-state index in [-0.39, 0.29) is 17.5 Å². The van der Waals surface area contributed by atoms with Gasteiger partial charge in [0.2, 0.25) is 5.91 Å². The number of fused-ring (bicyclic) bond motifs is 1. The highest BCUT2D eigenvalue weighted by Gasteiger charge is 2.10. The summed E-state index contributed by atoms with van der Waals surface area (Å²) in [5, 5.41) is 8.24. The van der Waals surface area contributed by atoms with Gasteiger partial charge in [-0.1, -0.05) is 30.0 Å². The Hall–Kier alpha value is -3.43. The Kier molecular flexibility index (Phi) is 6.90. The summed E-state index contributed by atoms with van der Waals surface area (Å²) in [7, 11) is 0. The van der Waals surface area contributed by atoms with E-state index in [4.69, 9.17) is 0 Å². The Morgan fingerprint density at radius 3 is 2.42 bits per heavy atom. The lowest BCUT2D eigenvalue weighted by Gasteiger charge is -2.08. The molecule has 0 atom stereocenters. The number of carbonyl (C=O) groups is 2. The summed E-state index contributed by atoms with van der Waals surface area (Å²) < 4.78 is 15.3. The number of urea groups is 1. The van der Waals surface area contributed by atoms with Gasteiger partial charge in [-0.05, 0) is 67.4 Å². The maximum absolute atomic E-state index is 13.7. The van der Waals surface area contributed by atoms with Crippen molar-refractivity contribution in [1.29, 1.82) is 0 Å². The van der Waals surface area contributed by atoms with E-state index in [1.165, 1.54) is 29.2 Å². The van der Waals surface area contributed by atoms with Crippen molar-refractivity contribution in [3.63, 3.8) is 0 Å². The summed E-state index contributed by atoms with van der Waals surface area (Å²) in [4.78, 5) is 29.1. The number of thioether (sulfide) groups is 1. The predicted molar refractivity (Wildman–Crippen MR) is 134 cm³/mol. The van der Waals surface area contributed by atoms with E-state index >= 15 is 0 Å². The molecule has 33 heavy (non-hydrogen) atoms. The van der Waals surface area contributed by atoms with Crippen LogP contribution in [-0.4, -0.2) is 22.7 Å². The summed E-state index contributed by atoms with van der Waals surface area (Å²) in [5.74, 6) is -0.234. The average Bonchev–Trinajstić information content (AvgIpc) is 3.17. The molecule has 168 valence electrons. The first-order valence-corrected chi connectivity index (χ1v) is 11.9. The van der Waals surface area contributed by atoms with Crippen LogP contribution in [0.2, 0.25) is 0 Å². The van der Waals surface area contributed by atoms with E-state index in [9.17, 15) is 14.0 Å². The minimum absolute atomic E-state index is 0.101. The molecule has 0 saturated carbocycles. The second-order valence-corrected chi connectivity index (χ2v) is 9.66. The molecule has 0 spiro atoms. The molecule has 0 fully saturated rings. The molecule has 0 unspecified atom stereocenters. The molecule has 0 aliphatic rings. The second kappa shape index (κ2) is 10.0. The number of anilines is 3. The third kappa shape index (κ3) is 6.09. The summed E-state index contributed by atoms with van der Waals surface area (Å²) in [6.07, 6.45) is 0. The number of hydrogen-bond donors (Lipinski definition) is 3. The maximum atomic E-state index is 13.7. The number of hydrogen-bond acceptors (Lipinski definition) is 5. The highest BCUT2D eigenvalue weighted by molar-refractivity contribution is 8.01. The Morgan fingerprint density at radius 1 is 0.939 bits per heavy atom. The number of benzene rings is 3. The van der Waals surface area contributed by atoms with Crippen molar-refractivity contribution in [3.05, 3.63) is 77.6 Å². The van der Waals surface area contributed by atoms with E-state index in [0.717, 1.165) is 25.8 Å². The topological polar surface area (TPSA) is 83.1 Å². The molecule has 3 aromatic carbocycles. The maximum Gasteiger partial charge on any atom is 0.323 e. The van der Waals surface area contributed by atoms with Gasteiger partial charge in [-0.3, -0.25) is 4.79 Å². The molecule has 4 rings (SSSR count). The number of aryl methyl sites for hydroxylation is 2.